The SMILES string of the molecule is COC(=O)c1cn(CCC(F)(F)F)nc1Br. The van der Waals surface area contributed by atoms with Gasteiger partial charge in [0.1, 0.15) is 10.2 Å². The first-order valence-corrected chi connectivity index (χ1v) is 5.01. The fourth-order valence-electron chi connectivity index (χ4n) is 1.00. The van der Waals surface area contributed by atoms with Crippen molar-refractivity contribution in [2.75, 3.05) is 7.11 Å². The second kappa shape index (κ2) is 4.86. The fourth-order valence-corrected chi connectivity index (χ4v) is 1.47. The van der Waals surface area contributed by atoms with Crippen LogP contribution in [0.5, 0.6) is 0 Å². The number of esters is 1. The topological polar surface area (TPSA) is 44.1 Å². The van der Waals surface area contributed by atoms with Crippen LogP contribution in [-0.2, 0) is 11.3 Å². The molecule has 1 aromatic rings. The highest BCUT2D eigenvalue weighted by Gasteiger charge is 2.27. The zero-order valence-corrected chi connectivity index (χ0v) is 9.80. The summed E-state index contributed by atoms with van der Waals surface area (Å²) < 4.78 is 41.4. The van der Waals surface area contributed by atoms with Crippen molar-refractivity contribution in [1.82, 2.24) is 9.78 Å². The quantitative estimate of drug-likeness (QED) is 0.805. The van der Waals surface area contributed by atoms with E-state index in [9.17, 15) is 18.0 Å². The van der Waals surface area contributed by atoms with Crippen LogP contribution in [0.15, 0.2) is 10.8 Å². The first-order valence-electron chi connectivity index (χ1n) is 4.21. The van der Waals surface area contributed by atoms with Gasteiger partial charge < -0.3 is 4.74 Å². The Hall–Kier alpha value is -1.05. The van der Waals surface area contributed by atoms with Gasteiger partial charge in [-0.05, 0) is 15.9 Å². The van der Waals surface area contributed by atoms with E-state index in [0.29, 0.717) is 0 Å². The third-order valence-corrected chi connectivity index (χ3v) is 2.33. The average Bonchev–Trinajstić information content (AvgIpc) is 2.55. The Morgan fingerprint density at radius 1 is 1.62 bits per heavy atom. The number of hydrogen-bond donors (Lipinski definition) is 0. The minimum atomic E-state index is -4.25. The van der Waals surface area contributed by atoms with Gasteiger partial charge in [0, 0.05) is 12.7 Å². The summed E-state index contributed by atoms with van der Waals surface area (Å²) >= 11 is 2.96. The molecule has 0 atom stereocenters. The van der Waals surface area contributed by atoms with Crippen LogP contribution in [-0.4, -0.2) is 29.0 Å². The molecule has 0 aliphatic carbocycles. The van der Waals surface area contributed by atoms with Gasteiger partial charge in [0.15, 0.2) is 0 Å². The van der Waals surface area contributed by atoms with Crippen molar-refractivity contribution in [3.63, 3.8) is 0 Å². The van der Waals surface area contributed by atoms with Crippen LogP contribution in [0, 0.1) is 0 Å². The van der Waals surface area contributed by atoms with Crippen LogP contribution < -0.4 is 0 Å². The van der Waals surface area contributed by atoms with Crippen molar-refractivity contribution in [1.29, 1.82) is 0 Å². The van der Waals surface area contributed by atoms with E-state index in [1.54, 1.807) is 0 Å². The van der Waals surface area contributed by atoms with Crippen molar-refractivity contribution < 1.29 is 22.7 Å². The van der Waals surface area contributed by atoms with E-state index in [1.165, 1.54) is 13.3 Å². The lowest BCUT2D eigenvalue weighted by atomic mass is 10.4. The molecule has 0 spiro atoms. The molecule has 0 aliphatic heterocycles. The predicted octanol–water partition coefficient (Wildman–Crippen LogP) is 2.38. The number of aryl methyl sites for hydroxylation is 1. The van der Waals surface area contributed by atoms with Crippen LogP contribution in [0.1, 0.15) is 16.8 Å². The lowest BCUT2D eigenvalue weighted by Gasteiger charge is -2.05. The lowest BCUT2D eigenvalue weighted by Crippen LogP contribution is -2.12. The lowest BCUT2D eigenvalue weighted by molar-refractivity contribution is -0.137. The van der Waals surface area contributed by atoms with Crippen molar-refractivity contribution in [3.05, 3.63) is 16.4 Å². The zero-order valence-electron chi connectivity index (χ0n) is 8.21. The Labute approximate surface area is 97.5 Å². The fraction of sp³-hybridized carbons (Fsp3) is 0.500. The summed E-state index contributed by atoms with van der Waals surface area (Å²) in [6.07, 6.45) is -4.03. The van der Waals surface area contributed by atoms with E-state index in [-0.39, 0.29) is 16.7 Å². The number of aromatic nitrogens is 2. The Morgan fingerprint density at radius 3 is 2.75 bits per heavy atom. The first-order chi connectivity index (χ1) is 7.33. The number of methoxy groups -OCH3 is 1. The number of halogens is 4. The second-order valence-corrected chi connectivity index (χ2v) is 3.70. The van der Waals surface area contributed by atoms with Gasteiger partial charge >= 0.3 is 12.1 Å². The number of nitrogens with zero attached hydrogens (tertiary/aromatic N) is 2. The average molecular weight is 301 g/mol. The molecular weight excluding hydrogens is 293 g/mol. The minimum absolute atomic E-state index is 0.102. The van der Waals surface area contributed by atoms with Crippen LogP contribution >= 0.6 is 15.9 Å². The summed E-state index contributed by atoms with van der Waals surface area (Å²) in [5, 5.41) is 3.72. The summed E-state index contributed by atoms with van der Waals surface area (Å²) in [6.45, 7) is -0.334. The minimum Gasteiger partial charge on any atom is -0.465 e. The maximum atomic E-state index is 11.9. The molecule has 90 valence electrons. The molecule has 0 aliphatic rings. The summed E-state index contributed by atoms with van der Waals surface area (Å²) in [7, 11) is 1.18. The highest BCUT2D eigenvalue weighted by molar-refractivity contribution is 9.10. The highest BCUT2D eigenvalue weighted by Crippen LogP contribution is 2.21. The number of carbonyl (C=O) groups excluding carboxylic acids is 1. The molecule has 0 N–H and O–H groups in total. The summed E-state index contributed by atoms with van der Waals surface area (Å²) in [5.74, 6) is -0.648. The van der Waals surface area contributed by atoms with E-state index in [0.717, 1.165) is 4.68 Å². The Bertz CT molecular complexity index is 389. The van der Waals surface area contributed by atoms with Crippen LogP contribution in [0.25, 0.3) is 0 Å². The molecule has 0 fully saturated rings. The van der Waals surface area contributed by atoms with E-state index >= 15 is 0 Å². The van der Waals surface area contributed by atoms with E-state index in [2.05, 4.69) is 25.8 Å². The highest BCUT2D eigenvalue weighted by atomic mass is 79.9. The molecule has 0 unspecified atom stereocenters. The number of hydrogen-bond acceptors (Lipinski definition) is 3. The van der Waals surface area contributed by atoms with Crippen molar-refractivity contribution in [3.8, 4) is 0 Å². The largest absolute Gasteiger partial charge is 0.465 e. The maximum absolute atomic E-state index is 11.9. The van der Waals surface area contributed by atoms with Gasteiger partial charge in [-0.3, -0.25) is 4.68 Å². The van der Waals surface area contributed by atoms with Gasteiger partial charge in [0.25, 0.3) is 0 Å². The smallest absolute Gasteiger partial charge is 0.390 e. The van der Waals surface area contributed by atoms with E-state index < -0.39 is 18.6 Å². The molecule has 0 bridgehead atoms. The first kappa shape index (κ1) is 13.0. The molecule has 8 heteroatoms. The Morgan fingerprint density at radius 2 is 2.25 bits per heavy atom. The van der Waals surface area contributed by atoms with Crippen LogP contribution in [0.3, 0.4) is 0 Å². The molecule has 0 radical (unpaired) electrons. The van der Waals surface area contributed by atoms with Crippen LogP contribution in [0.4, 0.5) is 13.2 Å². The van der Waals surface area contributed by atoms with Crippen molar-refractivity contribution in [2.45, 2.75) is 19.1 Å². The molecule has 16 heavy (non-hydrogen) atoms. The standard InChI is InChI=1S/C8H8BrF3N2O2/c1-16-7(15)5-4-14(13-6(5)9)3-2-8(10,11)12/h4H,2-3H2,1H3. The predicted molar refractivity (Wildman–Crippen MR) is 51.9 cm³/mol. The Balaban J connectivity index is 2.74. The molecule has 1 aromatic heterocycles. The molecule has 4 nitrogen and oxygen atoms in total. The molecule has 0 aromatic carbocycles. The molecule has 0 saturated carbocycles. The molecule has 1 rings (SSSR count). The number of ether oxygens (including phenoxy) is 1. The number of rotatable bonds is 3. The molecule has 0 amide bonds. The summed E-state index contributed by atoms with van der Waals surface area (Å²) in [4.78, 5) is 11.1. The van der Waals surface area contributed by atoms with Crippen molar-refractivity contribution >= 4 is 21.9 Å². The molecular formula is C8H8BrF3N2O2. The normalized spacial score (nSPS) is 11.6. The zero-order chi connectivity index (χ0) is 12.3. The number of alkyl halides is 3. The summed E-state index contributed by atoms with van der Waals surface area (Å²) in [6, 6.07) is 0. The van der Waals surface area contributed by atoms with Gasteiger partial charge in [-0.25, -0.2) is 4.79 Å². The monoisotopic (exact) mass is 300 g/mol. The maximum Gasteiger partial charge on any atom is 0.390 e. The Kier molecular flexibility index (Phi) is 3.95. The van der Waals surface area contributed by atoms with Crippen molar-refractivity contribution in [2.24, 2.45) is 0 Å². The second-order valence-electron chi connectivity index (χ2n) is 2.95. The van der Waals surface area contributed by atoms with Gasteiger partial charge in [0.2, 0.25) is 0 Å². The molecule has 1 heterocycles. The van der Waals surface area contributed by atoms with E-state index in [4.69, 9.17) is 0 Å². The summed E-state index contributed by atoms with van der Waals surface area (Å²) in [5.41, 5.74) is 0.102. The number of carbonyl (C=O) groups is 1. The third-order valence-electron chi connectivity index (χ3n) is 1.75. The van der Waals surface area contributed by atoms with Crippen LogP contribution in [0.2, 0.25) is 0 Å². The van der Waals surface area contributed by atoms with Gasteiger partial charge in [-0.15, -0.1) is 0 Å². The van der Waals surface area contributed by atoms with Gasteiger partial charge in [0.05, 0.1) is 13.5 Å². The van der Waals surface area contributed by atoms with Gasteiger partial charge in [-0.2, -0.15) is 18.3 Å². The third kappa shape index (κ3) is 3.51. The van der Waals surface area contributed by atoms with E-state index in [1.807, 2.05) is 0 Å². The molecule has 0 saturated heterocycles. The van der Waals surface area contributed by atoms with Gasteiger partial charge in [-0.1, -0.05) is 0 Å².